The van der Waals surface area contributed by atoms with E-state index < -0.39 is 0 Å². The molecule has 1 atom stereocenters. The van der Waals surface area contributed by atoms with Crippen LogP contribution in [0.4, 0.5) is 0 Å². The molecule has 4 nitrogen and oxygen atoms in total. The molecular weight excluding hydrogens is 260 g/mol. The lowest BCUT2D eigenvalue weighted by molar-refractivity contribution is -0.142. The second kappa shape index (κ2) is 6.43. The zero-order chi connectivity index (χ0) is 13.7. The normalized spacial score (nSPS) is 12.1. The summed E-state index contributed by atoms with van der Waals surface area (Å²) in [6.07, 6.45) is 3.64. The van der Waals surface area contributed by atoms with Crippen LogP contribution in [0, 0.1) is 0 Å². The lowest BCUT2D eigenvalue weighted by atomic mass is 10.1. The van der Waals surface area contributed by atoms with Gasteiger partial charge in [-0.25, -0.2) is 0 Å². The zero-order valence-corrected chi connectivity index (χ0v) is 11.8. The van der Waals surface area contributed by atoms with E-state index in [2.05, 4.69) is 5.10 Å². The monoisotopic (exact) mass is 276 g/mol. The molecule has 0 N–H and O–H groups in total. The largest absolute Gasteiger partial charge is 0.465 e. The van der Waals surface area contributed by atoms with Gasteiger partial charge in [0.2, 0.25) is 0 Å². The first kappa shape index (κ1) is 13.7. The summed E-state index contributed by atoms with van der Waals surface area (Å²) in [5, 5.41) is 3.76. The van der Waals surface area contributed by atoms with Crippen molar-refractivity contribution in [3.8, 4) is 0 Å². The maximum Gasteiger partial charge on any atom is 0.323 e. The predicted octanol–water partition coefficient (Wildman–Crippen LogP) is 2.82. The van der Waals surface area contributed by atoms with Crippen molar-refractivity contribution in [1.82, 2.24) is 9.78 Å². The van der Waals surface area contributed by atoms with Gasteiger partial charge in [-0.05, 0) is 12.5 Å². The number of esters is 1. The van der Waals surface area contributed by atoms with Crippen molar-refractivity contribution < 1.29 is 9.53 Å². The van der Waals surface area contributed by atoms with Crippen LogP contribution in [0.3, 0.4) is 0 Å². The number of nitrogens with zero attached hydrogens (tertiary/aromatic N) is 2. The number of carbonyl (C=O) groups excluding carboxylic acids is 1. The van der Waals surface area contributed by atoms with Crippen molar-refractivity contribution in [1.29, 1.82) is 0 Å². The summed E-state index contributed by atoms with van der Waals surface area (Å²) in [4.78, 5) is 13.0. The Morgan fingerprint density at radius 3 is 2.74 bits per heavy atom. The highest BCUT2D eigenvalue weighted by Gasteiger charge is 2.23. The van der Waals surface area contributed by atoms with E-state index in [1.165, 1.54) is 11.8 Å². The third-order valence-electron chi connectivity index (χ3n) is 2.54. The Balaban J connectivity index is 2.22. The molecule has 1 unspecified atom stereocenters. The molecule has 1 aromatic carbocycles. The van der Waals surface area contributed by atoms with Gasteiger partial charge in [0.05, 0.1) is 12.8 Å². The van der Waals surface area contributed by atoms with E-state index in [1.807, 2.05) is 50.5 Å². The van der Waals surface area contributed by atoms with Crippen LogP contribution in [0.1, 0.15) is 17.7 Å². The average Bonchev–Trinajstić information content (AvgIpc) is 2.83. The Labute approximate surface area is 116 Å². The molecule has 0 aliphatic rings. The molecule has 2 aromatic rings. The van der Waals surface area contributed by atoms with E-state index in [0.29, 0.717) is 6.61 Å². The minimum Gasteiger partial charge on any atom is -0.465 e. The van der Waals surface area contributed by atoms with Gasteiger partial charge in [0.1, 0.15) is 5.25 Å². The smallest absolute Gasteiger partial charge is 0.323 e. The molecule has 1 aromatic heterocycles. The van der Waals surface area contributed by atoms with Crippen LogP contribution < -0.4 is 0 Å². The lowest BCUT2D eigenvalue weighted by Crippen LogP contribution is -2.13. The van der Waals surface area contributed by atoms with E-state index in [-0.39, 0.29) is 11.2 Å². The summed E-state index contributed by atoms with van der Waals surface area (Å²) in [7, 11) is 1.85. The number of ether oxygens (including phenoxy) is 1. The first-order valence-electron chi connectivity index (χ1n) is 6.07. The summed E-state index contributed by atoms with van der Waals surface area (Å²) >= 11 is 1.45. The average molecular weight is 276 g/mol. The second-order valence-corrected chi connectivity index (χ2v) is 5.19. The molecule has 2 rings (SSSR count). The third-order valence-corrected chi connectivity index (χ3v) is 3.72. The van der Waals surface area contributed by atoms with Crippen molar-refractivity contribution in [3.63, 3.8) is 0 Å². The number of aromatic nitrogens is 2. The fourth-order valence-corrected chi connectivity index (χ4v) is 2.74. The minimum atomic E-state index is -0.356. The minimum absolute atomic E-state index is 0.220. The van der Waals surface area contributed by atoms with Gasteiger partial charge < -0.3 is 4.74 Å². The molecule has 100 valence electrons. The van der Waals surface area contributed by atoms with Crippen LogP contribution in [0.25, 0.3) is 0 Å². The van der Waals surface area contributed by atoms with Crippen LogP contribution in [0.15, 0.2) is 47.6 Å². The number of carbonyl (C=O) groups is 1. The molecule has 0 amide bonds. The molecule has 1 heterocycles. The Kier molecular flexibility index (Phi) is 4.63. The van der Waals surface area contributed by atoms with Crippen molar-refractivity contribution >= 4 is 17.7 Å². The summed E-state index contributed by atoms with van der Waals surface area (Å²) < 4.78 is 6.87. The first-order valence-corrected chi connectivity index (χ1v) is 6.95. The summed E-state index contributed by atoms with van der Waals surface area (Å²) in [5.74, 6) is -0.220. The lowest BCUT2D eigenvalue weighted by Gasteiger charge is -2.14. The summed E-state index contributed by atoms with van der Waals surface area (Å²) in [6.45, 7) is 2.20. The van der Waals surface area contributed by atoms with Crippen molar-refractivity contribution in [2.24, 2.45) is 7.05 Å². The number of aryl methyl sites for hydroxylation is 1. The van der Waals surface area contributed by atoms with E-state index in [4.69, 9.17) is 4.74 Å². The van der Waals surface area contributed by atoms with Crippen molar-refractivity contribution in [3.05, 3.63) is 48.3 Å². The number of benzene rings is 1. The Morgan fingerprint density at radius 1 is 1.42 bits per heavy atom. The van der Waals surface area contributed by atoms with E-state index in [1.54, 1.807) is 10.9 Å². The third kappa shape index (κ3) is 3.61. The van der Waals surface area contributed by atoms with E-state index >= 15 is 0 Å². The summed E-state index contributed by atoms with van der Waals surface area (Å²) in [6, 6.07) is 9.65. The molecule has 5 heteroatoms. The van der Waals surface area contributed by atoms with Crippen molar-refractivity contribution in [2.45, 2.75) is 17.1 Å². The Hall–Kier alpha value is -1.75. The number of rotatable bonds is 5. The molecule has 0 bridgehead atoms. The van der Waals surface area contributed by atoms with Gasteiger partial charge in [-0.1, -0.05) is 30.3 Å². The number of hydrogen-bond donors (Lipinski definition) is 0. The highest BCUT2D eigenvalue weighted by Crippen LogP contribution is 2.35. The first-order chi connectivity index (χ1) is 9.20. The standard InChI is InChI=1S/C14H16N2O2S/c1-3-18-14(17)13(11-7-5-4-6-8-11)19-12-9-15-16(2)10-12/h4-10,13H,3H2,1-2H3. The molecule has 0 aliphatic carbocycles. The van der Waals surface area contributed by atoms with E-state index in [9.17, 15) is 4.79 Å². The van der Waals surface area contributed by atoms with Gasteiger partial charge in [-0.2, -0.15) is 5.10 Å². The molecule has 0 aliphatic heterocycles. The zero-order valence-electron chi connectivity index (χ0n) is 10.9. The van der Waals surface area contributed by atoms with Gasteiger partial charge in [0.15, 0.2) is 0 Å². The van der Waals surface area contributed by atoms with Crippen LogP contribution >= 0.6 is 11.8 Å². The highest BCUT2D eigenvalue weighted by molar-refractivity contribution is 8.00. The maximum atomic E-state index is 12.1. The van der Waals surface area contributed by atoms with Gasteiger partial charge in [-0.15, -0.1) is 11.8 Å². The summed E-state index contributed by atoms with van der Waals surface area (Å²) in [5.41, 5.74) is 0.940. The van der Waals surface area contributed by atoms with Crippen LogP contribution in [-0.4, -0.2) is 22.4 Å². The Bertz CT molecular complexity index is 539. The molecular formula is C14H16N2O2S. The number of thioether (sulfide) groups is 1. The van der Waals surface area contributed by atoms with Gasteiger partial charge >= 0.3 is 5.97 Å². The Morgan fingerprint density at radius 2 is 2.16 bits per heavy atom. The quantitative estimate of drug-likeness (QED) is 0.622. The predicted molar refractivity (Wildman–Crippen MR) is 74.9 cm³/mol. The molecule has 0 saturated heterocycles. The van der Waals surface area contributed by atoms with Gasteiger partial charge in [0, 0.05) is 18.1 Å². The topological polar surface area (TPSA) is 44.1 Å². The van der Waals surface area contributed by atoms with Gasteiger partial charge in [0.25, 0.3) is 0 Å². The molecule has 0 fully saturated rings. The molecule has 19 heavy (non-hydrogen) atoms. The number of hydrogen-bond acceptors (Lipinski definition) is 4. The van der Waals surface area contributed by atoms with E-state index in [0.717, 1.165) is 10.5 Å². The van der Waals surface area contributed by atoms with Crippen LogP contribution in [0.2, 0.25) is 0 Å². The fourth-order valence-electron chi connectivity index (χ4n) is 1.69. The van der Waals surface area contributed by atoms with Crippen LogP contribution in [-0.2, 0) is 16.6 Å². The second-order valence-electron chi connectivity index (χ2n) is 4.01. The maximum absolute atomic E-state index is 12.1. The van der Waals surface area contributed by atoms with Crippen LogP contribution in [0.5, 0.6) is 0 Å². The fraction of sp³-hybridized carbons (Fsp3) is 0.286. The molecule has 0 radical (unpaired) electrons. The molecule has 0 spiro atoms. The van der Waals surface area contributed by atoms with Crippen molar-refractivity contribution in [2.75, 3.05) is 6.61 Å². The SMILES string of the molecule is CCOC(=O)C(Sc1cnn(C)c1)c1ccccc1. The molecule has 0 saturated carbocycles. The van der Waals surface area contributed by atoms with Gasteiger partial charge in [-0.3, -0.25) is 9.48 Å². The highest BCUT2D eigenvalue weighted by atomic mass is 32.2.